The monoisotopic (exact) mass is 785 g/mol. The standard InChI is InChI=1S/C27H22BrI2N3O4/c1-3-15(2)25-32-23-9-8-19(28)12-20(23)26(34)33(25)31-13-17-10-21(29)24(22(30)11-17)37-14-16-4-6-18(7-5-16)27(35)36/h4-13,15H,3,14H2,1-2H3,(H,35,36)/t15-/m0/s1. The van der Waals surface area contributed by atoms with Gasteiger partial charge in [-0.1, -0.05) is 41.9 Å². The average Bonchev–Trinajstić information content (AvgIpc) is 2.87. The van der Waals surface area contributed by atoms with Crippen molar-refractivity contribution in [2.45, 2.75) is 32.8 Å². The van der Waals surface area contributed by atoms with E-state index in [1.54, 1.807) is 36.5 Å². The zero-order valence-electron chi connectivity index (χ0n) is 19.9. The summed E-state index contributed by atoms with van der Waals surface area (Å²) >= 11 is 7.86. The summed E-state index contributed by atoms with van der Waals surface area (Å²) < 4.78 is 10.0. The molecule has 0 aliphatic heterocycles. The number of ether oxygens (including phenoxy) is 1. The minimum absolute atomic E-state index is 0.0542. The van der Waals surface area contributed by atoms with Crippen LogP contribution in [-0.4, -0.2) is 27.0 Å². The van der Waals surface area contributed by atoms with Crippen molar-refractivity contribution >= 4 is 84.2 Å². The maximum absolute atomic E-state index is 13.3. The first kappa shape index (κ1) is 27.7. The molecule has 4 aromatic rings. The van der Waals surface area contributed by atoms with Gasteiger partial charge >= 0.3 is 5.97 Å². The van der Waals surface area contributed by atoms with Crippen LogP contribution >= 0.6 is 61.1 Å². The number of benzene rings is 3. The number of fused-ring (bicyclic) bond motifs is 1. The molecule has 3 aromatic carbocycles. The minimum atomic E-state index is -0.959. The third kappa shape index (κ3) is 6.40. The van der Waals surface area contributed by atoms with E-state index in [9.17, 15) is 9.59 Å². The van der Waals surface area contributed by atoms with Crippen LogP contribution in [0.5, 0.6) is 5.75 Å². The Morgan fingerprint density at radius 2 is 1.84 bits per heavy atom. The summed E-state index contributed by atoms with van der Waals surface area (Å²) in [6.45, 7) is 4.40. The second-order valence-electron chi connectivity index (χ2n) is 8.41. The van der Waals surface area contributed by atoms with Crippen molar-refractivity contribution in [3.8, 4) is 5.75 Å². The van der Waals surface area contributed by atoms with E-state index >= 15 is 0 Å². The fourth-order valence-corrected chi connectivity index (χ4v) is 6.08. The lowest BCUT2D eigenvalue weighted by Crippen LogP contribution is -2.23. The summed E-state index contributed by atoms with van der Waals surface area (Å²) in [6, 6.07) is 16.0. The number of aromatic nitrogens is 2. The highest BCUT2D eigenvalue weighted by Crippen LogP contribution is 2.29. The van der Waals surface area contributed by atoms with Gasteiger partial charge in [-0.15, -0.1) is 0 Å². The van der Waals surface area contributed by atoms with Gasteiger partial charge in [0, 0.05) is 10.4 Å². The van der Waals surface area contributed by atoms with Gasteiger partial charge in [0.15, 0.2) is 0 Å². The predicted molar refractivity (Wildman–Crippen MR) is 165 cm³/mol. The van der Waals surface area contributed by atoms with Crippen molar-refractivity contribution in [1.29, 1.82) is 0 Å². The molecule has 1 atom stereocenters. The van der Waals surface area contributed by atoms with Crippen LogP contribution < -0.4 is 10.3 Å². The molecule has 0 saturated carbocycles. The van der Waals surface area contributed by atoms with Crippen molar-refractivity contribution in [3.05, 3.63) is 99.1 Å². The van der Waals surface area contributed by atoms with Gasteiger partial charge in [-0.25, -0.2) is 9.78 Å². The Kier molecular flexibility index (Phi) is 9.01. The smallest absolute Gasteiger partial charge is 0.335 e. The second kappa shape index (κ2) is 12.0. The highest BCUT2D eigenvalue weighted by atomic mass is 127. The van der Waals surface area contributed by atoms with Gasteiger partial charge in [0.2, 0.25) is 0 Å². The highest BCUT2D eigenvalue weighted by molar-refractivity contribution is 14.1. The van der Waals surface area contributed by atoms with Crippen molar-refractivity contribution in [2.75, 3.05) is 0 Å². The lowest BCUT2D eigenvalue weighted by molar-refractivity contribution is 0.0697. The minimum Gasteiger partial charge on any atom is -0.487 e. The zero-order chi connectivity index (χ0) is 26.7. The molecule has 7 nitrogen and oxygen atoms in total. The summed E-state index contributed by atoms with van der Waals surface area (Å²) in [5.74, 6) is 0.449. The largest absolute Gasteiger partial charge is 0.487 e. The van der Waals surface area contributed by atoms with E-state index in [0.29, 0.717) is 23.3 Å². The van der Waals surface area contributed by atoms with Gasteiger partial charge in [-0.05, 0) is 105 Å². The number of halogens is 3. The molecule has 0 amide bonds. The van der Waals surface area contributed by atoms with Crippen molar-refractivity contribution in [3.63, 3.8) is 0 Å². The number of hydrogen-bond acceptors (Lipinski definition) is 5. The molecule has 0 spiro atoms. The van der Waals surface area contributed by atoms with Crippen molar-refractivity contribution in [1.82, 2.24) is 9.66 Å². The van der Waals surface area contributed by atoms with E-state index < -0.39 is 5.97 Å². The van der Waals surface area contributed by atoms with Gasteiger partial charge in [0.05, 0.1) is 29.8 Å². The summed E-state index contributed by atoms with van der Waals surface area (Å²) in [6.07, 6.45) is 2.49. The molecule has 0 unspecified atom stereocenters. The molecule has 190 valence electrons. The summed E-state index contributed by atoms with van der Waals surface area (Å²) in [7, 11) is 0. The van der Waals surface area contributed by atoms with Crippen LogP contribution in [0.2, 0.25) is 0 Å². The summed E-state index contributed by atoms with van der Waals surface area (Å²) in [4.78, 5) is 29.1. The zero-order valence-corrected chi connectivity index (χ0v) is 25.8. The molecule has 0 radical (unpaired) electrons. The number of nitrogens with zero attached hydrogens (tertiary/aromatic N) is 3. The fraction of sp³-hybridized carbons (Fsp3) is 0.185. The highest BCUT2D eigenvalue weighted by Gasteiger charge is 2.16. The molecule has 0 bridgehead atoms. The molecule has 10 heteroatoms. The number of rotatable bonds is 8. The molecular formula is C27H22BrI2N3O4. The van der Waals surface area contributed by atoms with E-state index in [0.717, 1.165) is 34.9 Å². The van der Waals surface area contributed by atoms with E-state index in [2.05, 4.69) is 73.1 Å². The third-order valence-corrected chi connectivity index (χ3v) is 7.91. The molecule has 4 rings (SSSR count). The van der Waals surface area contributed by atoms with Crippen molar-refractivity contribution in [2.24, 2.45) is 5.10 Å². The molecule has 37 heavy (non-hydrogen) atoms. The third-order valence-electron chi connectivity index (χ3n) is 5.81. The maximum atomic E-state index is 13.3. The maximum Gasteiger partial charge on any atom is 0.335 e. The summed E-state index contributed by atoms with van der Waals surface area (Å²) in [5, 5.41) is 14.1. The lowest BCUT2D eigenvalue weighted by Gasteiger charge is -2.14. The first-order valence-corrected chi connectivity index (χ1v) is 14.3. The van der Waals surface area contributed by atoms with Crippen LogP contribution in [0, 0.1) is 7.14 Å². The van der Waals surface area contributed by atoms with E-state index in [4.69, 9.17) is 14.8 Å². The number of aromatic carboxylic acids is 1. The quantitative estimate of drug-likeness (QED) is 0.153. The molecule has 0 fully saturated rings. The normalized spacial score (nSPS) is 12.2. The molecule has 1 aromatic heterocycles. The van der Waals surface area contributed by atoms with E-state index in [1.165, 1.54) is 4.68 Å². The van der Waals surface area contributed by atoms with Gasteiger partial charge < -0.3 is 9.84 Å². The second-order valence-corrected chi connectivity index (χ2v) is 11.6. The topological polar surface area (TPSA) is 93.8 Å². The number of carboxylic acids is 1. The fourth-order valence-electron chi connectivity index (χ4n) is 3.59. The first-order chi connectivity index (χ1) is 17.7. The van der Waals surface area contributed by atoms with Gasteiger partial charge in [0.1, 0.15) is 18.2 Å². The Hall–Kier alpha value is -2.32. The summed E-state index contributed by atoms with van der Waals surface area (Å²) in [5.41, 5.74) is 2.37. The van der Waals surface area contributed by atoms with Crippen LogP contribution in [-0.2, 0) is 6.61 Å². The molecule has 0 saturated heterocycles. The number of carbonyl (C=O) groups is 1. The number of carboxylic acid groups (broad SMARTS) is 1. The van der Waals surface area contributed by atoms with Gasteiger partial charge in [0.25, 0.3) is 5.56 Å². The van der Waals surface area contributed by atoms with E-state index in [-0.39, 0.29) is 17.0 Å². The molecule has 0 aliphatic rings. The van der Waals surface area contributed by atoms with Crippen LogP contribution in [0.1, 0.15) is 53.5 Å². The van der Waals surface area contributed by atoms with E-state index in [1.807, 2.05) is 31.2 Å². The average molecular weight is 786 g/mol. The number of hydrogen-bond donors (Lipinski definition) is 1. The SMILES string of the molecule is CC[C@H](C)c1nc2ccc(Br)cc2c(=O)n1N=Cc1cc(I)c(OCc2ccc(C(=O)O)cc2)c(I)c1. The van der Waals surface area contributed by atoms with Gasteiger partial charge in [-0.2, -0.15) is 9.78 Å². The lowest BCUT2D eigenvalue weighted by atomic mass is 10.1. The van der Waals surface area contributed by atoms with Crippen molar-refractivity contribution < 1.29 is 14.6 Å². The Morgan fingerprint density at radius 3 is 2.46 bits per heavy atom. The molecular weight excluding hydrogens is 764 g/mol. The Balaban J connectivity index is 1.62. The van der Waals surface area contributed by atoms with Crippen LogP contribution in [0.4, 0.5) is 0 Å². The molecule has 1 N–H and O–H groups in total. The predicted octanol–water partition coefficient (Wildman–Crippen LogP) is 7.04. The first-order valence-electron chi connectivity index (χ1n) is 11.4. The van der Waals surface area contributed by atoms with Gasteiger partial charge in [-0.3, -0.25) is 4.79 Å². The van der Waals surface area contributed by atoms with Crippen LogP contribution in [0.15, 0.2) is 69.0 Å². The Morgan fingerprint density at radius 1 is 1.16 bits per heavy atom. The molecule has 1 heterocycles. The Labute approximate surface area is 249 Å². The van der Waals surface area contributed by atoms with Crippen LogP contribution in [0.3, 0.4) is 0 Å². The Bertz CT molecular complexity index is 1550. The molecule has 0 aliphatic carbocycles. The van der Waals surface area contributed by atoms with Crippen LogP contribution in [0.25, 0.3) is 10.9 Å².